The molecule has 0 fully saturated rings. The lowest BCUT2D eigenvalue weighted by Crippen LogP contribution is -2.31. The molecule has 25 heavy (non-hydrogen) atoms. The van der Waals surface area contributed by atoms with Gasteiger partial charge in [0, 0.05) is 23.6 Å². The molecule has 0 atom stereocenters. The number of thiophene rings is 1. The van der Waals surface area contributed by atoms with E-state index in [0.29, 0.717) is 25.1 Å². The Hall–Kier alpha value is -2.31. The van der Waals surface area contributed by atoms with E-state index < -0.39 is 0 Å². The van der Waals surface area contributed by atoms with E-state index in [9.17, 15) is 4.79 Å². The van der Waals surface area contributed by atoms with Gasteiger partial charge in [-0.2, -0.15) is 0 Å². The van der Waals surface area contributed by atoms with Gasteiger partial charge in [-0.3, -0.25) is 4.79 Å². The van der Waals surface area contributed by atoms with E-state index in [1.165, 1.54) is 0 Å². The second-order valence-corrected chi connectivity index (χ2v) is 7.01. The van der Waals surface area contributed by atoms with E-state index in [2.05, 4.69) is 9.97 Å². The highest BCUT2D eigenvalue weighted by Gasteiger charge is 2.17. The lowest BCUT2D eigenvalue weighted by atomic mass is 10.1. The fourth-order valence-corrected chi connectivity index (χ4v) is 3.37. The third-order valence-corrected chi connectivity index (χ3v) is 4.98. The summed E-state index contributed by atoms with van der Waals surface area (Å²) in [6, 6.07) is 9.44. The quantitative estimate of drug-likeness (QED) is 0.736. The summed E-state index contributed by atoms with van der Waals surface area (Å²) in [5.74, 6) is -0.0521. The van der Waals surface area contributed by atoms with Gasteiger partial charge in [0.1, 0.15) is 0 Å². The van der Waals surface area contributed by atoms with E-state index in [1.54, 1.807) is 28.4 Å². The number of amides is 1. The van der Waals surface area contributed by atoms with Gasteiger partial charge in [0.05, 0.1) is 29.0 Å². The first kappa shape index (κ1) is 17.5. The molecule has 2 aromatic heterocycles. The van der Waals surface area contributed by atoms with Gasteiger partial charge in [0.2, 0.25) is 0 Å². The van der Waals surface area contributed by atoms with E-state index in [1.807, 2.05) is 37.4 Å². The van der Waals surface area contributed by atoms with Crippen LogP contribution in [0.4, 0.5) is 0 Å². The van der Waals surface area contributed by atoms with Crippen LogP contribution in [0.5, 0.6) is 0 Å². The lowest BCUT2D eigenvalue weighted by molar-refractivity contribution is 0.0734. The molecule has 0 saturated carbocycles. The first-order valence-electron chi connectivity index (χ1n) is 8.26. The molecule has 3 rings (SSSR count). The zero-order valence-electron chi connectivity index (χ0n) is 14.4. The smallest absolute Gasteiger partial charge is 0.254 e. The van der Waals surface area contributed by atoms with E-state index in [4.69, 9.17) is 5.11 Å². The summed E-state index contributed by atoms with van der Waals surface area (Å²) < 4.78 is 0. The Morgan fingerprint density at radius 2 is 1.92 bits per heavy atom. The monoisotopic (exact) mass is 355 g/mol. The molecule has 5 nitrogen and oxygen atoms in total. The highest BCUT2D eigenvalue weighted by molar-refractivity contribution is 7.09. The number of rotatable bonds is 6. The Morgan fingerprint density at radius 3 is 2.60 bits per heavy atom. The van der Waals surface area contributed by atoms with Gasteiger partial charge in [-0.1, -0.05) is 6.07 Å². The van der Waals surface area contributed by atoms with E-state index in [-0.39, 0.29) is 12.5 Å². The first-order valence-corrected chi connectivity index (χ1v) is 9.14. The van der Waals surface area contributed by atoms with Crippen molar-refractivity contribution in [2.75, 3.05) is 13.2 Å². The molecule has 0 radical (unpaired) electrons. The molecular formula is C19H21N3O2S. The minimum Gasteiger partial charge on any atom is -0.396 e. The van der Waals surface area contributed by atoms with Crippen LogP contribution in [0, 0.1) is 13.8 Å². The number of fused-ring (bicyclic) bond motifs is 1. The molecule has 0 spiro atoms. The summed E-state index contributed by atoms with van der Waals surface area (Å²) in [6.45, 7) is 4.98. The normalized spacial score (nSPS) is 11.0. The second-order valence-electron chi connectivity index (χ2n) is 5.98. The molecule has 0 bridgehead atoms. The molecular weight excluding hydrogens is 334 g/mol. The average molecular weight is 355 g/mol. The zero-order chi connectivity index (χ0) is 17.8. The lowest BCUT2D eigenvalue weighted by Gasteiger charge is -2.22. The van der Waals surface area contributed by atoms with Crippen molar-refractivity contribution in [2.24, 2.45) is 0 Å². The molecule has 0 aliphatic heterocycles. The van der Waals surface area contributed by atoms with Crippen molar-refractivity contribution in [1.82, 2.24) is 14.9 Å². The van der Waals surface area contributed by atoms with Crippen LogP contribution >= 0.6 is 11.3 Å². The van der Waals surface area contributed by atoms with Crippen molar-refractivity contribution in [3.8, 4) is 0 Å². The molecule has 130 valence electrons. The third-order valence-electron chi connectivity index (χ3n) is 4.12. The zero-order valence-corrected chi connectivity index (χ0v) is 15.2. The van der Waals surface area contributed by atoms with Crippen LogP contribution in [-0.2, 0) is 6.54 Å². The Morgan fingerprint density at radius 1 is 1.16 bits per heavy atom. The van der Waals surface area contributed by atoms with Gasteiger partial charge in [-0.15, -0.1) is 11.3 Å². The molecule has 3 aromatic rings. The second kappa shape index (κ2) is 7.72. The van der Waals surface area contributed by atoms with Gasteiger partial charge in [0.25, 0.3) is 5.91 Å². The number of aliphatic hydroxyl groups is 1. The Balaban J connectivity index is 1.89. The number of aryl methyl sites for hydroxylation is 2. The number of benzene rings is 1. The minimum absolute atomic E-state index is 0.0521. The number of nitrogens with zero attached hydrogens (tertiary/aromatic N) is 3. The Bertz CT molecular complexity index is 878. The third kappa shape index (κ3) is 4.03. The van der Waals surface area contributed by atoms with Gasteiger partial charge >= 0.3 is 0 Å². The Kier molecular flexibility index (Phi) is 5.40. The molecule has 0 aliphatic rings. The summed E-state index contributed by atoms with van der Waals surface area (Å²) >= 11 is 1.62. The summed E-state index contributed by atoms with van der Waals surface area (Å²) in [6.07, 6.45) is 0.558. The Labute approximate surface area is 151 Å². The molecule has 1 amide bonds. The van der Waals surface area contributed by atoms with Gasteiger partial charge in [0.15, 0.2) is 0 Å². The molecule has 0 aliphatic carbocycles. The number of carbonyl (C=O) groups is 1. The number of aromatic nitrogens is 2. The molecule has 0 saturated heterocycles. The van der Waals surface area contributed by atoms with Crippen molar-refractivity contribution in [2.45, 2.75) is 26.8 Å². The van der Waals surface area contributed by atoms with Crippen LogP contribution in [0.3, 0.4) is 0 Å². The van der Waals surface area contributed by atoms with Gasteiger partial charge in [-0.25, -0.2) is 9.97 Å². The topological polar surface area (TPSA) is 66.3 Å². The molecule has 0 unspecified atom stereocenters. The summed E-state index contributed by atoms with van der Waals surface area (Å²) in [4.78, 5) is 24.9. The van der Waals surface area contributed by atoms with Crippen LogP contribution < -0.4 is 0 Å². The summed E-state index contributed by atoms with van der Waals surface area (Å²) in [5, 5.41) is 11.1. The van der Waals surface area contributed by atoms with Crippen molar-refractivity contribution in [1.29, 1.82) is 0 Å². The maximum atomic E-state index is 13.0. The van der Waals surface area contributed by atoms with Gasteiger partial charge < -0.3 is 10.0 Å². The van der Waals surface area contributed by atoms with Crippen LogP contribution in [0.15, 0.2) is 35.7 Å². The average Bonchev–Trinajstić information content (AvgIpc) is 3.11. The number of hydrogen-bond acceptors (Lipinski definition) is 5. The number of hydrogen-bond donors (Lipinski definition) is 1. The van der Waals surface area contributed by atoms with Crippen molar-refractivity contribution >= 4 is 28.3 Å². The first-order chi connectivity index (χ1) is 12.1. The highest BCUT2D eigenvalue weighted by Crippen LogP contribution is 2.18. The molecule has 1 aromatic carbocycles. The molecule has 2 heterocycles. The fraction of sp³-hybridized carbons (Fsp3) is 0.316. The largest absolute Gasteiger partial charge is 0.396 e. The van der Waals surface area contributed by atoms with Crippen LogP contribution in [0.25, 0.3) is 11.0 Å². The number of carbonyl (C=O) groups excluding carboxylic acids is 1. The maximum Gasteiger partial charge on any atom is 0.254 e. The van der Waals surface area contributed by atoms with Gasteiger partial charge in [-0.05, 0) is 49.9 Å². The standard InChI is InChI=1S/C19H21N3O2S/c1-13-14(2)21-18-11-15(6-7-17(18)20-13)19(24)22(8-4-9-23)12-16-5-3-10-25-16/h3,5-7,10-11,23H,4,8-9,12H2,1-2H3. The minimum atomic E-state index is -0.0521. The number of aliphatic hydroxyl groups excluding tert-OH is 1. The van der Waals surface area contributed by atoms with Crippen molar-refractivity contribution in [3.05, 3.63) is 57.5 Å². The maximum absolute atomic E-state index is 13.0. The SMILES string of the molecule is Cc1nc2ccc(C(=O)N(CCCO)Cc3cccs3)cc2nc1C. The fourth-order valence-electron chi connectivity index (χ4n) is 2.65. The summed E-state index contributed by atoms with van der Waals surface area (Å²) in [7, 11) is 0. The van der Waals surface area contributed by atoms with Crippen LogP contribution in [-0.4, -0.2) is 39.0 Å². The summed E-state index contributed by atoms with van der Waals surface area (Å²) in [5.41, 5.74) is 3.88. The van der Waals surface area contributed by atoms with E-state index in [0.717, 1.165) is 27.3 Å². The highest BCUT2D eigenvalue weighted by atomic mass is 32.1. The van der Waals surface area contributed by atoms with Crippen molar-refractivity contribution in [3.63, 3.8) is 0 Å². The molecule has 1 N–H and O–H groups in total. The van der Waals surface area contributed by atoms with Crippen LogP contribution in [0.1, 0.15) is 33.0 Å². The van der Waals surface area contributed by atoms with E-state index >= 15 is 0 Å². The molecule has 6 heteroatoms. The predicted molar refractivity (Wildman–Crippen MR) is 99.8 cm³/mol. The van der Waals surface area contributed by atoms with Crippen LogP contribution in [0.2, 0.25) is 0 Å². The van der Waals surface area contributed by atoms with Crippen molar-refractivity contribution < 1.29 is 9.90 Å². The predicted octanol–water partition coefficient (Wildman–Crippen LogP) is 3.33.